The molecule has 0 spiro atoms. The van der Waals surface area contributed by atoms with Crippen molar-refractivity contribution in [2.24, 2.45) is 0 Å². The summed E-state index contributed by atoms with van der Waals surface area (Å²) in [5, 5.41) is 27.3. The van der Waals surface area contributed by atoms with Crippen LogP contribution in [0, 0.1) is 0 Å². The fourth-order valence-corrected chi connectivity index (χ4v) is 9.51. The number of carbonyl (C=O) groups excluding carboxylic acids is 2. The van der Waals surface area contributed by atoms with Gasteiger partial charge in [0.2, 0.25) is 0 Å². The molecule has 0 aliphatic carbocycles. The Morgan fingerprint density at radius 1 is 0.691 bits per heavy atom. The highest BCUT2D eigenvalue weighted by Gasteiger charge is 2.56. The molecule has 4 aliphatic heterocycles. The van der Waals surface area contributed by atoms with Crippen LogP contribution in [0.3, 0.4) is 0 Å². The van der Waals surface area contributed by atoms with Gasteiger partial charge in [-0.1, -0.05) is 12.8 Å². The number of hydrogen-bond acceptors (Lipinski definition) is 21. The van der Waals surface area contributed by atoms with Crippen molar-refractivity contribution < 1.29 is 53.0 Å². The number of esters is 2. The van der Waals surface area contributed by atoms with Crippen LogP contribution in [-0.4, -0.2) is 167 Å². The number of unbranched alkanes of at least 4 members (excludes halogenated alkanes) is 4. The van der Waals surface area contributed by atoms with Gasteiger partial charge in [-0.05, 0) is 78.7 Å². The minimum atomic E-state index is -1.06. The Hall–Kier alpha value is -3.94. The third kappa shape index (κ3) is 14.3. The summed E-state index contributed by atoms with van der Waals surface area (Å²) in [5.74, 6) is 1.74. The number of carbonyl (C=O) groups is 2. The molecule has 4 aromatic rings. The van der Waals surface area contributed by atoms with Gasteiger partial charge in [0.05, 0.1) is 38.1 Å². The molecule has 8 atom stereocenters. The lowest BCUT2D eigenvalue weighted by atomic mass is 10.1. The van der Waals surface area contributed by atoms with Crippen LogP contribution in [0.15, 0.2) is 25.3 Å². The second-order valence-electron chi connectivity index (χ2n) is 17.1. The number of imidazole rings is 2. The highest BCUT2D eigenvalue weighted by atomic mass is 32.2. The Labute approximate surface area is 406 Å². The third-order valence-corrected chi connectivity index (χ3v) is 12.9. The summed E-state index contributed by atoms with van der Waals surface area (Å²) in [5.41, 5.74) is 2.48. The molecule has 68 heavy (non-hydrogen) atoms. The largest absolute Gasteiger partial charge is 0.466 e. The van der Waals surface area contributed by atoms with E-state index in [1.807, 2.05) is 31.6 Å². The fourth-order valence-electron chi connectivity index (χ4n) is 8.31. The number of aliphatic hydroxyl groups is 2. The first-order valence-corrected chi connectivity index (χ1v) is 26.5. The molecule has 4 N–H and O–H groups in total. The van der Waals surface area contributed by atoms with E-state index in [2.05, 4.69) is 46.8 Å². The Morgan fingerprint density at radius 3 is 1.69 bits per heavy atom. The van der Waals surface area contributed by atoms with Gasteiger partial charge in [0.1, 0.15) is 37.1 Å². The Morgan fingerprint density at radius 2 is 1.19 bits per heavy atom. The number of ether oxygens (including phenoxy) is 7. The molecular formula is C45H70N10O11S2. The van der Waals surface area contributed by atoms with Crippen molar-refractivity contribution in [1.29, 1.82) is 0 Å². The smallest absolute Gasteiger partial charge is 0.305 e. The summed E-state index contributed by atoms with van der Waals surface area (Å²) in [4.78, 5) is 49.1. The first kappa shape index (κ1) is 53.4. The van der Waals surface area contributed by atoms with Crippen molar-refractivity contribution in [3.8, 4) is 0 Å². The molecule has 23 heteroatoms. The van der Waals surface area contributed by atoms with Crippen LogP contribution in [-0.2, 0) is 42.7 Å². The fraction of sp³-hybridized carbons (Fsp3) is 0.733. The molecular weight excluding hydrogens is 921 g/mol. The lowest BCUT2D eigenvalue weighted by Crippen LogP contribution is -2.32. The zero-order valence-corrected chi connectivity index (χ0v) is 41.8. The van der Waals surface area contributed by atoms with Gasteiger partial charge in [-0.15, -0.1) is 0 Å². The van der Waals surface area contributed by atoms with Gasteiger partial charge in [0, 0.05) is 50.7 Å². The van der Waals surface area contributed by atoms with Crippen molar-refractivity contribution in [1.82, 2.24) is 39.0 Å². The molecule has 4 saturated heterocycles. The van der Waals surface area contributed by atoms with Gasteiger partial charge < -0.3 is 54.0 Å². The average molecular weight is 991 g/mol. The van der Waals surface area contributed by atoms with Crippen molar-refractivity contribution in [3.63, 3.8) is 0 Å². The number of nitrogens with one attached hydrogen (secondary N) is 2. The molecule has 0 unspecified atom stereocenters. The monoisotopic (exact) mass is 990 g/mol. The lowest BCUT2D eigenvalue weighted by molar-refractivity contribution is -0.193. The van der Waals surface area contributed by atoms with Gasteiger partial charge in [-0.3, -0.25) is 18.7 Å². The van der Waals surface area contributed by atoms with Crippen LogP contribution in [0.2, 0.25) is 0 Å². The zero-order valence-electron chi connectivity index (χ0n) is 40.1. The highest BCUT2D eigenvalue weighted by Crippen LogP contribution is 2.44. The minimum Gasteiger partial charge on any atom is -0.466 e. The van der Waals surface area contributed by atoms with E-state index in [0.29, 0.717) is 72.3 Å². The van der Waals surface area contributed by atoms with E-state index in [1.165, 1.54) is 25.5 Å². The molecule has 0 amide bonds. The molecule has 8 rings (SSSR count). The van der Waals surface area contributed by atoms with E-state index in [0.717, 1.165) is 64.0 Å². The zero-order chi connectivity index (χ0) is 48.5. The highest BCUT2D eigenvalue weighted by molar-refractivity contribution is 7.98. The van der Waals surface area contributed by atoms with Gasteiger partial charge in [-0.2, -0.15) is 23.5 Å². The Balaban J connectivity index is 0.000000203. The van der Waals surface area contributed by atoms with Gasteiger partial charge >= 0.3 is 11.9 Å². The van der Waals surface area contributed by atoms with E-state index in [-0.39, 0.29) is 36.5 Å². The summed E-state index contributed by atoms with van der Waals surface area (Å²) in [7, 11) is 0. The lowest BCUT2D eigenvalue weighted by Gasteiger charge is -2.24. The molecule has 378 valence electrons. The maximum Gasteiger partial charge on any atom is 0.305 e. The molecule has 0 aromatic carbocycles. The molecule has 0 saturated carbocycles. The van der Waals surface area contributed by atoms with E-state index < -0.39 is 30.3 Å². The number of aliphatic hydroxyl groups excluding tert-OH is 2. The van der Waals surface area contributed by atoms with Crippen LogP contribution >= 0.6 is 23.5 Å². The van der Waals surface area contributed by atoms with Gasteiger partial charge in [0.15, 0.2) is 52.2 Å². The number of hydrogen-bond donors (Lipinski definition) is 4. The number of aromatic nitrogens is 8. The van der Waals surface area contributed by atoms with Crippen LogP contribution in [0.25, 0.3) is 22.3 Å². The standard InChI is InChI=1S/C22H33N5O5S.C19H29N5O5S.C4H8O/c1-5-29-15(28)9-7-6-8-10-23-19-16-20(25-12-24-19)27(13-26-16)21-18-17(14(30-21)11-33-4)31-22(2,3)32-18;1-3-28-13(25)7-5-4-6-8-20-17-14-18(22-10-21-17)24(11-23-14)19-16(27)15(26)12(29-19)9-30-2;1-2-4-5-3-1/h12-14,17-18,21H,5-11H2,1-4H3,(H,23,24,25);10-12,15-16,19,26-27H,3-9H2,1-2H3,(H,20,21,22);1-4H2/t14-,17-,18-,21-;12-,15-,16-,19-;/m11./s1. The second-order valence-corrected chi connectivity index (χ2v) is 18.9. The topological polar surface area (TPSA) is 250 Å². The first-order valence-electron chi connectivity index (χ1n) is 23.7. The number of nitrogens with zero attached hydrogens (tertiary/aromatic N) is 8. The molecule has 4 aromatic heterocycles. The van der Waals surface area contributed by atoms with E-state index >= 15 is 0 Å². The van der Waals surface area contributed by atoms with E-state index in [1.54, 1.807) is 47.7 Å². The van der Waals surface area contributed by atoms with Crippen molar-refractivity contribution in [2.75, 3.05) is 74.2 Å². The molecule has 21 nitrogen and oxygen atoms in total. The van der Waals surface area contributed by atoms with Crippen molar-refractivity contribution in [3.05, 3.63) is 25.3 Å². The summed E-state index contributed by atoms with van der Waals surface area (Å²) in [6, 6.07) is 0. The quantitative estimate of drug-likeness (QED) is 0.0577. The van der Waals surface area contributed by atoms with Crippen molar-refractivity contribution >= 4 is 69.4 Å². The maximum absolute atomic E-state index is 11.4. The normalized spacial score (nSPS) is 24.8. The summed E-state index contributed by atoms with van der Waals surface area (Å²) >= 11 is 3.27. The van der Waals surface area contributed by atoms with Gasteiger partial charge in [0.25, 0.3) is 0 Å². The van der Waals surface area contributed by atoms with Crippen LogP contribution in [0.4, 0.5) is 11.6 Å². The Bertz CT molecular complexity index is 2160. The number of thioether (sulfide) groups is 2. The predicted molar refractivity (Wildman–Crippen MR) is 258 cm³/mol. The average Bonchev–Trinajstić information content (AvgIpc) is 4.20. The van der Waals surface area contributed by atoms with Crippen LogP contribution < -0.4 is 10.6 Å². The summed E-state index contributed by atoms with van der Waals surface area (Å²) < 4.78 is 42.9. The second kappa shape index (κ2) is 26.9. The first-order chi connectivity index (χ1) is 33.0. The molecule has 8 heterocycles. The molecule has 4 fully saturated rings. The Kier molecular flexibility index (Phi) is 21.1. The minimum absolute atomic E-state index is 0.0664. The SMILES string of the molecule is C1CCOC1.CCOC(=O)CCCCCNc1ncnc2c1ncn2[C@@H]1O[C@H](CSC)[C@@H](O)[C@H]1O.CCOC(=O)CCCCCNc1ncnc2c1ncn2[C@@H]1O[C@H](CSC)[C@H]2OC(C)(C)O[C@H]21. The number of anilines is 2. The third-order valence-electron chi connectivity index (χ3n) is 11.5. The number of rotatable bonds is 22. The number of fused-ring (bicyclic) bond motifs is 3. The summed E-state index contributed by atoms with van der Waals surface area (Å²) in [6.45, 7) is 11.7. The maximum atomic E-state index is 11.4. The predicted octanol–water partition coefficient (Wildman–Crippen LogP) is 5.28. The van der Waals surface area contributed by atoms with Crippen LogP contribution in [0.5, 0.6) is 0 Å². The van der Waals surface area contributed by atoms with Crippen LogP contribution in [0.1, 0.15) is 104 Å². The van der Waals surface area contributed by atoms with Crippen molar-refractivity contribution in [2.45, 2.75) is 147 Å². The molecule has 0 bridgehead atoms. The summed E-state index contributed by atoms with van der Waals surface area (Å²) in [6.07, 6.45) is 14.8. The van der Waals surface area contributed by atoms with E-state index in [4.69, 9.17) is 33.2 Å². The van der Waals surface area contributed by atoms with Gasteiger partial charge in [-0.25, -0.2) is 29.9 Å². The molecule has 4 aliphatic rings. The van der Waals surface area contributed by atoms with E-state index in [9.17, 15) is 19.8 Å². The molecule has 0 radical (unpaired) electrons.